The fourth-order valence-corrected chi connectivity index (χ4v) is 2.78. The second kappa shape index (κ2) is 6.83. The predicted octanol–water partition coefficient (Wildman–Crippen LogP) is 0.577. The maximum atomic E-state index is 11.8. The van der Waals surface area contributed by atoms with E-state index in [0.717, 1.165) is 9.18 Å². The predicted molar refractivity (Wildman–Crippen MR) is 69.3 cm³/mol. The molecule has 8 heteroatoms. The van der Waals surface area contributed by atoms with Crippen LogP contribution in [0.5, 0.6) is 0 Å². The highest BCUT2D eigenvalue weighted by atomic mass is 32.2. The molecular weight excluding hydrogens is 276 g/mol. The van der Waals surface area contributed by atoms with Crippen LogP contribution in [-0.2, 0) is 26.3 Å². The third-order valence-electron chi connectivity index (χ3n) is 2.28. The van der Waals surface area contributed by atoms with Crippen molar-refractivity contribution in [1.29, 1.82) is 0 Å². The van der Waals surface area contributed by atoms with Gasteiger partial charge in [0.15, 0.2) is 0 Å². The van der Waals surface area contributed by atoms with Crippen LogP contribution in [0.2, 0.25) is 0 Å². The van der Waals surface area contributed by atoms with Crippen molar-refractivity contribution in [3.8, 4) is 0 Å². The van der Waals surface area contributed by atoms with Crippen molar-refractivity contribution >= 4 is 27.5 Å². The van der Waals surface area contributed by atoms with Gasteiger partial charge in [0.05, 0.1) is 13.5 Å². The molecule has 0 saturated heterocycles. The third-order valence-corrected chi connectivity index (χ3v) is 4.67. The van der Waals surface area contributed by atoms with Crippen molar-refractivity contribution in [2.45, 2.75) is 13.0 Å². The van der Waals surface area contributed by atoms with Gasteiger partial charge < -0.3 is 4.74 Å². The van der Waals surface area contributed by atoms with Crippen molar-refractivity contribution in [3.63, 3.8) is 0 Å². The summed E-state index contributed by atoms with van der Waals surface area (Å²) in [5.74, 6) is -0.435. The van der Waals surface area contributed by atoms with Gasteiger partial charge in [-0.2, -0.15) is 17.4 Å². The molecule has 0 radical (unpaired) electrons. The van der Waals surface area contributed by atoms with Gasteiger partial charge >= 0.3 is 5.97 Å². The number of thiophene rings is 1. The molecular formula is C10H16N2O4S2. The minimum atomic E-state index is -3.56. The monoisotopic (exact) mass is 292 g/mol. The van der Waals surface area contributed by atoms with E-state index in [9.17, 15) is 13.2 Å². The normalized spacial score (nSPS) is 11.7. The Bertz CT molecular complexity index is 470. The summed E-state index contributed by atoms with van der Waals surface area (Å²) in [5, 5.41) is 1.88. The Labute approximate surface area is 111 Å². The first-order valence-corrected chi connectivity index (χ1v) is 7.58. The van der Waals surface area contributed by atoms with Gasteiger partial charge in [0.1, 0.15) is 0 Å². The number of rotatable bonds is 7. The van der Waals surface area contributed by atoms with E-state index in [2.05, 4.69) is 9.46 Å². The van der Waals surface area contributed by atoms with E-state index in [1.165, 1.54) is 25.5 Å². The van der Waals surface area contributed by atoms with Gasteiger partial charge in [-0.15, -0.1) is 11.3 Å². The summed E-state index contributed by atoms with van der Waals surface area (Å²) in [7, 11) is -0.872. The van der Waals surface area contributed by atoms with Gasteiger partial charge in [0.25, 0.3) is 10.2 Å². The second-order valence-corrected chi connectivity index (χ2v) is 6.45. The van der Waals surface area contributed by atoms with Crippen LogP contribution in [0, 0.1) is 0 Å². The quantitative estimate of drug-likeness (QED) is 0.746. The Morgan fingerprint density at radius 2 is 2.28 bits per heavy atom. The van der Waals surface area contributed by atoms with Crippen LogP contribution in [0.1, 0.15) is 11.3 Å². The molecule has 6 nitrogen and oxygen atoms in total. The van der Waals surface area contributed by atoms with Crippen LogP contribution < -0.4 is 4.72 Å². The van der Waals surface area contributed by atoms with Crippen molar-refractivity contribution in [2.24, 2.45) is 0 Å². The minimum Gasteiger partial charge on any atom is -0.469 e. The van der Waals surface area contributed by atoms with Crippen LogP contribution in [0.3, 0.4) is 0 Å². The Balaban J connectivity index is 2.44. The highest BCUT2D eigenvalue weighted by Crippen LogP contribution is 2.08. The number of nitrogens with one attached hydrogen (secondary N) is 1. The maximum Gasteiger partial charge on any atom is 0.306 e. The van der Waals surface area contributed by atoms with Crippen LogP contribution in [-0.4, -0.2) is 39.4 Å². The molecule has 0 atom stereocenters. The molecule has 0 unspecified atom stereocenters. The lowest BCUT2D eigenvalue weighted by molar-refractivity contribution is -0.140. The zero-order valence-electron chi connectivity index (χ0n) is 10.3. The molecule has 0 aliphatic rings. The molecule has 0 aliphatic heterocycles. The van der Waals surface area contributed by atoms with E-state index in [4.69, 9.17) is 0 Å². The van der Waals surface area contributed by atoms with Crippen molar-refractivity contribution in [1.82, 2.24) is 9.03 Å². The lowest BCUT2D eigenvalue weighted by atomic mass is 10.4. The molecule has 0 aliphatic carbocycles. The Kier molecular flexibility index (Phi) is 5.73. The summed E-state index contributed by atoms with van der Waals surface area (Å²) >= 11 is 1.48. The van der Waals surface area contributed by atoms with Gasteiger partial charge in [-0.1, -0.05) is 6.07 Å². The summed E-state index contributed by atoms with van der Waals surface area (Å²) in [5.41, 5.74) is 0. The zero-order chi connectivity index (χ0) is 13.6. The summed E-state index contributed by atoms with van der Waals surface area (Å²) in [6, 6.07) is 3.71. The van der Waals surface area contributed by atoms with E-state index < -0.39 is 16.2 Å². The first kappa shape index (κ1) is 15.1. The van der Waals surface area contributed by atoms with Gasteiger partial charge in [-0.05, 0) is 11.4 Å². The molecule has 0 aromatic carbocycles. The average Bonchev–Trinajstić information content (AvgIpc) is 2.86. The van der Waals surface area contributed by atoms with Crippen molar-refractivity contribution in [2.75, 3.05) is 20.7 Å². The minimum absolute atomic E-state index is 0.0346. The van der Waals surface area contributed by atoms with Gasteiger partial charge in [-0.3, -0.25) is 4.79 Å². The fourth-order valence-electron chi connectivity index (χ4n) is 1.16. The fraction of sp³-hybridized carbons (Fsp3) is 0.500. The largest absolute Gasteiger partial charge is 0.469 e. The summed E-state index contributed by atoms with van der Waals surface area (Å²) < 4.78 is 31.6. The number of nitrogens with zero attached hydrogens (tertiary/aromatic N) is 1. The number of carbonyl (C=O) groups is 1. The third kappa shape index (κ3) is 4.73. The lowest BCUT2D eigenvalue weighted by Gasteiger charge is -2.16. The van der Waals surface area contributed by atoms with E-state index in [1.54, 1.807) is 0 Å². The highest BCUT2D eigenvalue weighted by Gasteiger charge is 2.18. The number of hydrogen-bond acceptors (Lipinski definition) is 5. The number of methoxy groups -OCH3 is 1. The van der Waals surface area contributed by atoms with E-state index in [-0.39, 0.29) is 19.5 Å². The number of ether oxygens (including phenoxy) is 1. The summed E-state index contributed by atoms with van der Waals surface area (Å²) in [6.45, 7) is 0.342. The Morgan fingerprint density at radius 1 is 1.56 bits per heavy atom. The van der Waals surface area contributed by atoms with Crippen LogP contribution in [0.25, 0.3) is 0 Å². The molecule has 1 aromatic rings. The summed E-state index contributed by atoms with van der Waals surface area (Å²) in [6.07, 6.45) is 0.0346. The maximum absolute atomic E-state index is 11.8. The number of carbonyl (C=O) groups excluding carboxylic acids is 1. The molecule has 0 saturated carbocycles. The molecule has 0 spiro atoms. The second-order valence-electron chi connectivity index (χ2n) is 3.55. The van der Waals surface area contributed by atoms with Gasteiger partial charge in [-0.25, -0.2) is 0 Å². The first-order valence-electron chi connectivity index (χ1n) is 5.26. The van der Waals surface area contributed by atoms with E-state index in [1.807, 2.05) is 17.5 Å². The summed E-state index contributed by atoms with van der Waals surface area (Å²) in [4.78, 5) is 11.9. The number of hydrogen-bond donors (Lipinski definition) is 1. The topological polar surface area (TPSA) is 75.7 Å². The zero-order valence-corrected chi connectivity index (χ0v) is 11.9. The van der Waals surface area contributed by atoms with Crippen molar-refractivity contribution < 1.29 is 17.9 Å². The highest BCUT2D eigenvalue weighted by molar-refractivity contribution is 7.87. The molecule has 0 bridgehead atoms. The van der Waals surface area contributed by atoms with Crippen molar-refractivity contribution in [3.05, 3.63) is 22.4 Å². The standard InChI is InChI=1S/C10H16N2O4S2/c1-12(6-5-10(13)16-2)18(14,15)11-8-9-4-3-7-17-9/h3-4,7,11H,5-6,8H2,1-2H3. The molecule has 102 valence electrons. The van der Waals surface area contributed by atoms with Crippen LogP contribution >= 0.6 is 11.3 Å². The number of esters is 1. The molecule has 18 heavy (non-hydrogen) atoms. The molecule has 0 fully saturated rings. The Hall–Kier alpha value is -0.960. The van der Waals surface area contributed by atoms with Crippen LogP contribution in [0.4, 0.5) is 0 Å². The van der Waals surface area contributed by atoms with Gasteiger partial charge in [0, 0.05) is 25.0 Å². The molecule has 1 rings (SSSR count). The molecule has 1 N–H and O–H groups in total. The Morgan fingerprint density at radius 3 is 2.83 bits per heavy atom. The lowest BCUT2D eigenvalue weighted by Crippen LogP contribution is -2.38. The van der Waals surface area contributed by atoms with E-state index in [0.29, 0.717) is 0 Å². The first-order chi connectivity index (χ1) is 8.45. The smallest absolute Gasteiger partial charge is 0.306 e. The molecule has 1 aromatic heterocycles. The molecule has 1 heterocycles. The molecule has 0 amide bonds. The average molecular weight is 292 g/mol. The van der Waals surface area contributed by atoms with Crippen LogP contribution in [0.15, 0.2) is 17.5 Å². The SMILES string of the molecule is COC(=O)CCN(C)S(=O)(=O)NCc1cccs1. The van der Waals surface area contributed by atoms with Gasteiger partial charge in [0.2, 0.25) is 0 Å². The van der Waals surface area contributed by atoms with E-state index >= 15 is 0 Å².